The zero-order valence-corrected chi connectivity index (χ0v) is 12.8. The number of aryl methyl sites for hydroxylation is 1. The second-order valence-corrected chi connectivity index (χ2v) is 5.48. The molecule has 6 heteroatoms. The van der Waals surface area contributed by atoms with Crippen LogP contribution >= 0.6 is 23.2 Å². The molecule has 2 aromatic rings. The molecule has 0 saturated carbocycles. The van der Waals surface area contributed by atoms with Crippen LogP contribution in [0.1, 0.15) is 18.3 Å². The number of hydrazine groups is 1. The summed E-state index contributed by atoms with van der Waals surface area (Å²) in [5.74, 6) is 6.67. The minimum atomic E-state index is 0.0707. The Labute approximate surface area is 128 Å². The van der Waals surface area contributed by atoms with E-state index in [1.54, 1.807) is 6.07 Å². The molecule has 2 rings (SSSR count). The van der Waals surface area contributed by atoms with Gasteiger partial charge >= 0.3 is 0 Å². The van der Waals surface area contributed by atoms with Gasteiger partial charge in [0.25, 0.3) is 0 Å². The normalized spacial score (nSPS) is 12.6. The summed E-state index contributed by atoms with van der Waals surface area (Å²) in [6, 6.07) is 5.59. The molecular weight excluding hydrogens is 295 g/mol. The monoisotopic (exact) mass is 312 g/mol. The van der Waals surface area contributed by atoms with Gasteiger partial charge in [0, 0.05) is 41.4 Å². The van der Waals surface area contributed by atoms with Crippen molar-refractivity contribution in [2.75, 3.05) is 0 Å². The van der Waals surface area contributed by atoms with Crippen LogP contribution in [0.3, 0.4) is 0 Å². The van der Waals surface area contributed by atoms with Crippen molar-refractivity contribution >= 4 is 23.2 Å². The van der Waals surface area contributed by atoms with Crippen LogP contribution in [0.15, 0.2) is 30.6 Å². The molecule has 0 aliphatic heterocycles. The van der Waals surface area contributed by atoms with Gasteiger partial charge in [-0.25, -0.2) is 4.98 Å². The Bertz CT molecular complexity index is 568. The number of hydrogen-bond donors (Lipinski definition) is 2. The Morgan fingerprint density at radius 1 is 1.35 bits per heavy atom. The Hall–Kier alpha value is -1.07. The molecule has 0 radical (unpaired) electrons. The molecule has 20 heavy (non-hydrogen) atoms. The fourth-order valence-electron chi connectivity index (χ4n) is 2.18. The third-order valence-electron chi connectivity index (χ3n) is 3.29. The van der Waals surface area contributed by atoms with Gasteiger partial charge < -0.3 is 4.57 Å². The first kappa shape index (κ1) is 15.3. The van der Waals surface area contributed by atoms with Gasteiger partial charge in [0.05, 0.1) is 0 Å². The fraction of sp³-hybridized carbons (Fsp3) is 0.357. The van der Waals surface area contributed by atoms with Gasteiger partial charge in [0.1, 0.15) is 5.82 Å². The highest BCUT2D eigenvalue weighted by atomic mass is 35.5. The van der Waals surface area contributed by atoms with Crippen molar-refractivity contribution < 1.29 is 0 Å². The van der Waals surface area contributed by atoms with Crippen molar-refractivity contribution in [3.05, 3.63) is 52.0 Å². The van der Waals surface area contributed by atoms with E-state index in [-0.39, 0.29) is 6.04 Å². The Balaban J connectivity index is 2.09. The third kappa shape index (κ3) is 3.73. The minimum Gasteiger partial charge on any atom is -0.335 e. The Morgan fingerprint density at radius 3 is 2.80 bits per heavy atom. The van der Waals surface area contributed by atoms with Crippen molar-refractivity contribution in [2.24, 2.45) is 5.84 Å². The molecule has 0 aliphatic rings. The van der Waals surface area contributed by atoms with Crippen LogP contribution in [0.25, 0.3) is 0 Å². The zero-order valence-electron chi connectivity index (χ0n) is 11.3. The molecule has 0 spiro atoms. The quantitative estimate of drug-likeness (QED) is 0.637. The highest BCUT2D eigenvalue weighted by Gasteiger charge is 2.14. The van der Waals surface area contributed by atoms with Crippen LogP contribution < -0.4 is 11.3 Å². The molecule has 1 heterocycles. The second kappa shape index (κ2) is 7.09. The highest BCUT2D eigenvalue weighted by molar-refractivity contribution is 6.35. The molecule has 1 aromatic carbocycles. The molecule has 0 bridgehead atoms. The lowest BCUT2D eigenvalue weighted by Crippen LogP contribution is -2.39. The third-order valence-corrected chi connectivity index (χ3v) is 3.88. The van der Waals surface area contributed by atoms with Gasteiger partial charge in [-0.15, -0.1) is 0 Å². The van der Waals surface area contributed by atoms with Gasteiger partial charge in [-0.1, -0.05) is 29.3 Å². The van der Waals surface area contributed by atoms with E-state index in [0.29, 0.717) is 10.0 Å². The summed E-state index contributed by atoms with van der Waals surface area (Å²) in [6.07, 6.45) is 5.25. The van der Waals surface area contributed by atoms with Crippen molar-refractivity contribution in [1.82, 2.24) is 15.0 Å². The summed E-state index contributed by atoms with van der Waals surface area (Å²) in [4.78, 5) is 4.37. The van der Waals surface area contributed by atoms with Gasteiger partial charge in [0.15, 0.2) is 0 Å². The predicted octanol–water partition coefficient (Wildman–Crippen LogP) is 2.83. The summed E-state index contributed by atoms with van der Waals surface area (Å²) in [5, 5.41) is 1.30. The maximum atomic E-state index is 6.20. The largest absolute Gasteiger partial charge is 0.335 e. The summed E-state index contributed by atoms with van der Waals surface area (Å²) in [5.41, 5.74) is 3.86. The molecule has 1 unspecified atom stereocenters. The molecule has 108 valence electrons. The maximum absolute atomic E-state index is 6.20. The Morgan fingerprint density at radius 2 is 2.15 bits per heavy atom. The summed E-state index contributed by atoms with van der Waals surface area (Å²) >= 11 is 12.1. The molecule has 1 atom stereocenters. The first-order valence-electron chi connectivity index (χ1n) is 6.54. The molecule has 0 saturated heterocycles. The van der Waals surface area contributed by atoms with Crippen LogP contribution in [0, 0.1) is 0 Å². The number of hydrogen-bond acceptors (Lipinski definition) is 3. The summed E-state index contributed by atoms with van der Waals surface area (Å²) < 4.78 is 2.10. The van der Waals surface area contributed by atoms with E-state index >= 15 is 0 Å². The fourth-order valence-corrected chi connectivity index (χ4v) is 2.67. The van der Waals surface area contributed by atoms with E-state index in [4.69, 9.17) is 29.0 Å². The average molecular weight is 313 g/mol. The topological polar surface area (TPSA) is 55.9 Å². The highest BCUT2D eigenvalue weighted by Crippen LogP contribution is 2.22. The number of halogens is 2. The smallest absolute Gasteiger partial charge is 0.110 e. The molecule has 1 aromatic heterocycles. The zero-order chi connectivity index (χ0) is 14.5. The lowest BCUT2D eigenvalue weighted by molar-refractivity contribution is 0.499. The first-order valence-corrected chi connectivity index (χ1v) is 7.29. The number of imidazole rings is 1. The van der Waals surface area contributed by atoms with Gasteiger partial charge in [-0.2, -0.15) is 0 Å². The standard InChI is InChI=1S/C14H18Cl2N4/c1-2-20-6-5-18-14(20)9-12(19-17)7-10-3-4-11(15)8-13(10)16/h3-6,8,12,19H,2,7,9,17H2,1H3. The number of nitrogens with zero attached hydrogens (tertiary/aromatic N) is 2. The molecule has 4 nitrogen and oxygen atoms in total. The van der Waals surface area contributed by atoms with E-state index in [1.807, 2.05) is 24.5 Å². The minimum absolute atomic E-state index is 0.0707. The van der Waals surface area contributed by atoms with Crippen molar-refractivity contribution in [2.45, 2.75) is 32.4 Å². The van der Waals surface area contributed by atoms with E-state index in [1.165, 1.54) is 0 Å². The summed E-state index contributed by atoms with van der Waals surface area (Å²) in [6.45, 7) is 2.99. The van der Waals surface area contributed by atoms with E-state index in [9.17, 15) is 0 Å². The number of aromatic nitrogens is 2. The van der Waals surface area contributed by atoms with Crippen molar-refractivity contribution in [3.8, 4) is 0 Å². The molecule has 0 amide bonds. The number of rotatable bonds is 6. The SMILES string of the molecule is CCn1ccnc1CC(Cc1ccc(Cl)cc1Cl)NN. The van der Waals surface area contributed by atoms with Crippen LogP contribution in [0.5, 0.6) is 0 Å². The van der Waals surface area contributed by atoms with Gasteiger partial charge in [-0.3, -0.25) is 11.3 Å². The van der Waals surface area contributed by atoms with E-state index in [2.05, 4.69) is 21.9 Å². The maximum Gasteiger partial charge on any atom is 0.110 e. The van der Waals surface area contributed by atoms with Gasteiger partial charge in [-0.05, 0) is 31.0 Å². The lowest BCUT2D eigenvalue weighted by atomic mass is 10.0. The number of nitrogens with one attached hydrogen (secondary N) is 1. The molecular formula is C14H18Cl2N4. The lowest BCUT2D eigenvalue weighted by Gasteiger charge is -2.17. The van der Waals surface area contributed by atoms with Crippen LogP contribution in [-0.2, 0) is 19.4 Å². The van der Waals surface area contributed by atoms with Crippen LogP contribution in [0.4, 0.5) is 0 Å². The summed E-state index contributed by atoms with van der Waals surface area (Å²) in [7, 11) is 0. The average Bonchev–Trinajstić information content (AvgIpc) is 2.88. The predicted molar refractivity (Wildman–Crippen MR) is 82.9 cm³/mol. The van der Waals surface area contributed by atoms with Gasteiger partial charge in [0.2, 0.25) is 0 Å². The second-order valence-electron chi connectivity index (χ2n) is 4.64. The van der Waals surface area contributed by atoms with Crippen LogP contribution in [-0.4, -0.2) is 15.6 Å². The molecule has 0 fully saturated rings. The number of benzene rings is 1. The first-order chi connectivity index (χ1) is 9.63. The van der Waals surface area contributed by atoms with E-state index < -0.39 is 0 Å². The molecule has 3 N–H and O–H groups in total. The molecule has 0 aliphatic carbocycles. The van der Waals surface area contributed by atoms with Crippen molar-refractivity contribution in [3.63, 3.8) is 0 Å². The van der Waals surface area contributed by atoms with Crippen LogP contribution in [0.2, 0.25) is 10.0 Å². The van der Waals surface area contributed by atoms with E-state index in [0.717, 1.165) is 30.8 Å². The number of nitrogens with two attached hydrogens (primary N) is 1. The Kier molecular flexibility index (Phi) is 5.43. The van der Waals surface area contributed by atoms with Crippen molar-refractivity contribution in [1.29, 1.82) is 0 Å².